The van der Waals surface area contributed by atoms with Crippen molar-refractivity contribution in [2.24, 2.45) is 11.5 Å². The van der Waals surface area contributed by atoms with Crippen molar-refractivity contribution < 1.29 is 21.6 Å². The minimum Gasteiger partial charge on any atom is -0.324 e. The van der Waals surface area contributed by atoms with Crippen molar-refractivity contribution in [2.75, 3.05) is 12.5 Å². The van der Waals surface area contributed by atoms with Crippen molar-refractivity contribution in [1.29, 1.82) is 0 Å². The number of benzene rings is 1. The van der Waals surface area contributed by atoms with Crippen LogP contribution in [0, 0.1) is 6.92 Å². The summed E-state index contributed by atoms with van der Waals surface area (Å²) in [6.45, 7) is 1.48. The minimum absolute atomic E-state index is 0.0104. The Hall–Kier alpha value is -1.49. The summed E-state index contributed by atoms with van der Waals surface area (Å²) in [6, 6.07) is 2.15. The summed E-state index contributed by atoms with van der Waals surface area (Å²) in [6.07, 6.45) is 0.641. The molecule has 1 aromatic carbocycles. The van der Waals surface area contributed by atoms with E-state index in [0.29, 0.717) is 5.56 Å². The Labute approximate surface area is 123 Å². The molecule has 118 valence electrons. The Morgan fingerprint density at radius 1 is 1.05 bits per heavy atom. The van der Waals surface area contributed by atoms with E-state index in [0.717, 1.165) is 24.6 Å². The molecule has 0 fully saturated rings. The molecule has 5 N–H and O–H groups in total. The van der Waals surface area contributed by atoms with E-state index in [1.165, 1.54) is 6.92 Å². The molecule has 0 aliphatic carbocycles. The van der Waals surface area contributed by atoms with Crippen LogP contribution >= 0.6 is 0 Å². The molecule has 0 aliphatic rings. The van der Waals surface area contributed by atoms with Crippen LogP contribution in [0.3, 0.4) is 0 Å². The molecule has 10 heteroatoms. The number of nitrogens with one attached hydrogen (secondary N) is 1. The van der Waals surface area contributed by atoms with E-state index in [1.807, 2.05) is 0 Å². The van der Waals surface area contributed by atoms with Crippen LogP contribution in [-0.4, -0.2) is 41.5 Å². The lowest BCUT2D eigenvalue weighted by molar-refractivity contribution is 0.0938. The van der Waals surface area contributed by atoms with Crippen molar-refractivity contribution in [3.63, 3.8) is 0 Å². The highest BCUT2D eigenvalue weighted by Crippen LogP contribution is 2.25. The fourth-order valence-electron chi connectivity index (χ4n) is 1.71. The van der Waals surface area contributed by atoms with Gasteiger partial charge >= 0.3 is 0 Å². The second-order valence-electron chi connectivity index (χ2n) is 4.66. The monoisotopic (exact) mass is 335 g/mol. The molecular formula is C11H17N3O5S2. The van der Waals surface area contributed by atoms with Crippen molar-refractivity contribution in [2.45, 2.75) is 23.0 Å². The third kappa shape index (κ3) is 4.24. The summed E-state index contributed by atoms with van der Waals surface area (Å²) in [5.41, 5.74) is 10.8. The highest BCUT2D eigenvalue weighted by Gasteiger charge is 2.24. The standard InChI is InChI=1S/C11H17N3O5S2/c1-6-4-8(20(2,16)17)9(21(3,18)19)5-7(6)10(15)14-11(12)13/h4-5,11H,12-13H2,1-3H3,(H,14,15). The van der Waals surface area contributed by atoms with Gasteiger partial charge in [0.05, 0.1) is 9.79 Å². The van der Waals surface area contributed by atoms with Gasteiger partial charge in [-0.15, -0.1) is 0 Å². The summed E-state index contributed by atoms with van der Waals surface area (Å²) in [5.74, 6) is -0.688. The molecular weight excluding hydrogens is 318 g/mol. The number of amides is 1. The van der Waals surface area contributed by atoms with Gasteiger partial charge in [-0.3, -0.25) is 16.3 Å². The maximum atomic E-state index is 11.9. The number of rotatable bonds is 4. The number of aryl methyl sites for hydroxylation is 1. The van der Waals surface area contributed by atoms with Crippen LogP contribution in [0.15, 0.2) is 21.9 Å². The SMILES string of the molecule is Cc1cc(S(C)(=O)=O)c(S(C)(=O)=O)cc1C(=O)NC(N)N. The fraction of sp³-hybridized carbons (Fsp3) is 0.364. The number of hydrogen-bond acceptors (Lipinski definition) is 7. The van der Waals surface area contributed by atoms with Crippen LogP contribution in [0.1, 0.15) is 15.9 Å². The van der Waals surface area contributed by atoms with E-state index >= 15 is 0 Å². The zero-order valence-electron chi connectivity index (χ0n) is 11.7. The topological polar surface area (TPSA) is 149 Å². The predicted molar refractivity (Wildman–Crippen MR) is 77.0 cm³/mol. The van der Waals surface area contributed by atoms with E-state index in [2.05, 4.69) is 5.32 Å². The first-order valence-corrected chi connectivity index (χ1v) is 9.49. The van der Waals surface area contributed by atoms with E-state index in [1.54, 1.807) is 0 Å². The van der Waals surface area contributed by atoms with Crippen molar-refractivity contribution >= 4 is 25.6 Å². The number of hydrogen-bond donors (Lipinski definition) is 3. The number of sulfone groups is 2. The van der Waals surface area contributed by atoms with E-state index in [9.17, 15) is 21.6 Å². The van der Waals surface area contributed by atoms with Crippen LogP contribution in [-0.2, 0) is 19.7 Å². The first-order valence-electron chi connectivity index (χ1n) is 5.71. The zero-order chi connectivity index (χ0) is 16.6. The fourth-order valence-corrected chi connectivity index (χ4v) is 4.19. The second kappa shape index (κ2) is 5.72. The lowest BCUT2D eigenvalue weighted by Gasteiger charge is -2.14. The molecule has 1 amide bonds. The van der Waals surface area contributed by atoms with E-state index < -0.39 is 36.8 Å². The highest BCUT2D eigenvalue weighted by molar-refractivity contribution is 7.93. The molecule has 0 aliphatic heterocycles. The van der Waals surface area contributed by atoms with Crippen molar-refractivity contribution in [3.8, 4) is 0 Å². The molecule has 0 saturated carbocycles. The lowest BCUT2D eigenvalue weighted by atomic mass is 10.1. The van der Waals surface area contributed by atoms with Gasteiger partial charge < -0.3 is 5.32 Å². The summed E-state index contributed by atoms with van der Waals surface area (Å²) >= 11 is 0. The lowest BCUT2D eigenvalue weighted by Crippen LogP contribution is -2.48. The maximum absolute atomic E-state index is 11.9. The highest BCUT2D eigenvalue weighted by atomic mass is 32.2. The molecule has 0 saturated heterocycles. The Balaban J connectivity index is 3.65. The minimum atomic E-state index is -3.84. The Morgan fingerprint density at radius 2 is 1.48 bits per heavy atom. The number of carbonyl (C=O) groups is 1. The molecule has 1 rings (SSSR count). The number of nitrogens with two attached hydrogens (primary N) is 2. The predicted octanol–water partition coefficient (Wildman–Crippen LogP) is -1.27. The summed E-state index contributed by atoms with van der Waals surface area (Å²) < 4.78 is 46.9. The van der Waals surface area contributed by atoms with Gasteiger partial charge in [-0.25, -0.2) is 16.8 Å². The van der Waals surface area contributed by atoms with Gasteiger partial charge in [0.1, 0.15) is 6.29 Å². The quantitative estimate of drug-likeness (QED) is 0.581. The molecule has 0 radical (unpaired) electrons. The second-order valence-corrected chi connectivity index (χ2v) is 8.63. The third-order valence-electron chi connectivity index (χ3n) is 2.63. The van der Waals surface area contributed by atoms with E-state index in [-0.39, 0.29) is 10.5 Å². The van der Waals surface area contributed by atoms with Gasteiger partial charge in [-0.05, 0) is 24.6 Å². The van der Waals surface area contributed by atoms with Crippen LogP contribution in [0.25, 0.3) is 0 Å². The van der Waals surface area contributed by atoms with Gasteiger partial charge in [0.2, 0.25) is 0 Å². The van der Waals surface area contributed by atoms with E-state index in [4.69, 9.17) is 11.5 Å². The summed E-state index contributed by atoms with van der Waals surface area (Å²) in [5, 5.41) is 2.21. The van der Waals surface area contributed by atoms with Gasteiger partial charge in [0.25, 0.3) is 5.91 Å². The number of carbonyl (C=O) groups excluding carboxylic acids is 1. The summed E-state index contributed by atoms with van der Waals surface area (Å²) in [7, 11) is -7.60. The van der Waals surface area contributed by atoms with Crippen LogP contribution in [0.5, 0.6) is 0 Å². The van der Waals surface area contributed by atoms with Gasteiger partial charge in [0, 0.05) is 18.1 Å². The zero-order valence-corrected chi connectivity index (χ0v) is 13.4. The van der Waals surface area contributed by atoms with Crippen LogP contribution in [0.4, 0.5) is 0 Å². The molecule has 0 bridgehead atoms. The van der Waals surface area contributed by atoms with Crippen LogP contribution in [0.2, 0.25) is 0 Å². The molecule has 0 spiro atoms. The molecule has 1 aromatic rings. The van der Waals surface area contributed by atoms with Gasteiger partial charge in [-0.1, -0.05) is 0 Å². The third-order valence-corrected chi connectivity index (χ3v) is 5.03. The average molecular weight is 335 g/mol. The normalized spacial score (nSPS) is 12.5. The molecule has 0 heterocycles. The van der Waals surface area contributed by atoms with Gasteiger partial charge in [-0.2, -0.15) is 0 Å². The Bertz CT molecular complexity index is 782. The molecule has 0 aromatic heterocycles. The van der Waals surface area contributed by atoms with Crippen LogP contribution < -0.4 is 16.8 Å². The molecule has 0 atom stereocenters. The average Bonchev–Trinajstić information content (AvgIpc) is 2.24. The van der Waals surface area contributed by atoms with Crippen molar-refractivity contribution in [1.82, 2.24) is 5.32 Å². The van der Waals surface area contributed by atoms with Crippen molar-refractivity contribution in [3.05, 3.63) is 23.3 Å². The summed E-state index contributed by atoms with van der Waals surface area (Å²) in [4.78, 5) is 11.1. The van der Waals surface area contributed by atoms with Gasteiger partial charge in [0.15, 0.2) is 19.7 Å². The molecule has 8 nitrogen and oxygen atoms in total. The maximum Gasteiger partial charge on any atom is 0.253 e. The smallest absolute Gasteiger partial charge is 0.253 e. The molecule has 0 unspecified atom stereocenters. The first-order chi connectivity index (χ1) is 9.34. The Morgan fingerprint density at radius 3 is 1.86 bits per heavy atom. The Kier molecular flexibility index (Phi) is 4.78. The largest absolute Gasteiger partial charge is 0.324 e. The first kappa shape index (κ1) is 17.6. The molecule has 21 heavy (non-hydrogen) atoms.